The van der Waals surface area contributed by atoms with Crippen LogP contribution in [0.15, 0.2) is 63.9 Å². The number of carbonyl (C=O) groups is 3. The van der Waals surface area contributed by atoms with Crippen molar-refractivity contribution in [1.82, 2.24) is 10.4 Å². The number of methoxy groups -OCH3 is 1. The molecule has 3 aromatic rings. The van der Waals surface area contributed by atoms with Gasteiger partial charge in [-0.1, -0.05) is 47.1 Å². The van der Waals surface area contributed by atoms with Gasteiger partial charge in [0.1, 0.15) is 11.5 Å². The fourth-order valence-corrected chi connectivity index (χ4v) is 4.46. The molecule has 35 heavy (non-hydrogen) atoms. The molecule has 4 rings (SSSR count). The SMILES string of the molecule is COC(=O)c1ccc(-c2ccc(/C=C3/SC(=S)N(NC(=O)Nc4ccc(Cl)c(Cl)c4)C3=O)o2)cc1. The zero-order valence-corrected chi connectivity index (χ0v) is 21.0. The lowest BCUT2D eigenvalue weighted by molar-refractivity contribution is -0.123. The fraction of sp³-hybridized carbons (Fsp3) is 0.0435. The number of hydrogen-bond donors (Lipinski definition) is 2. The number of rotatable bonds is 5. The Kier molecular flexibility index (Phi) is 7.46. The van der Waals surface area contributed by atoms with Gasteiger partial charge in [0, 0.05) is 17.3 Å². The monoisotopic (exact) mass is 547 g/mol. The molecule has 1 saturated heterocycles. The largest absolute Gasteiger partial charge is 0.465 e. The zero-order chi connectivity index (χ0) is 25.1. The van der Waals surface area contributed by atoms with E-state index < -0.39 is 17.9 Å². The van der Waals surface area contributed by atoms with Crippen LogP contribution in [0.4, 0.5) is 10.5 Å². The summed E-state index contributed by atoms with van der Waals surface area (Å²) in [7, 11) is 1.31. The molecule has 0 bridgehead atoms. The van der Waals surface area contributed by atoms with Crippen LogP contribution in [0, 0.1) is 0 Å². The van der Waals surface area contributed by atoms with Crippen LogP contribution in [0.3, 0.4) is 0 Å². The van der Waals surface area contributed by atoms with Crippen LogP contribution in [-0.2, 0) is 9.53 Å². The van der Waals surface area contributed by atoms with Gasteiger partial charge in [-0.25, -0.2) is 15.0 Å². The Morgan fingerprint density at radius 3 is 2.51 bits per heavy atom. The quantitative estimate of drug-likeness (QED) is 0.230. The summed E-state index contributed by atoms with van der Waals surface area (Å²) in [6.07, 6.45) is 1.53. The van der Waals surface area contributed by atoms with Crippen molar-refractivity contribution in [2.24, 2.45) is 0 Å². The average Bonchev–Trinajstić information content (AvgIpc) is 3.41. The van der Waals surface area contributed by atoms with E-state index in [0.29, 0.717) is 27.8 Å². The predicted molar refractivity (Wildman–Crippen MR) is 139 cm³/mol. The molecule has 0 spiro atoms. The molecule has 0 radical (unpaired) electrons. The molecule has 2 aromatic carbocycles. The first-order chi connectivity index (χ1) is 16.7. The van der Waals surface area contributed by atoms with E-state index in [1.165, 1.54) is 25.3 Å². The van der Waals surface area contributed by atoms with E-state index in [-0.39, 0.29) is 14.2 Å². The highest BCUT2D eigenvalue weighted by molar-refractivity contribution is 8.26. The summed E-state index contributed by atoms with van der Waals surface area (Å²) in [6, 6.07) is 14.0. The van der Waals surface area contributed by atoms with Crippen molar-refractivity contribution in [3.8, 4) is 11.3 Å². The normalized spacial score (nSPS) is 14.4. The van der Waals surface area contributed by atoms with Gasteiger partial charge in [0.2, 0.25) is 0 Å². The molecular weight excluding hydrogens is 533 g/mol. The molecule has 178 valence electrons. The first-order valence-electron chi connectivity index (χ1n) is 9.84. The molecule has 2 N–H and O–H groups in total. The molecule has 2 heterocycles. The summed E-state index contributed by atoms with van der Waals surface area (Å²) in [6.45, 7) is 0. The molecule has 1 fully saturated rings. The second-order valence-corrected chi connectivity index (χ2v) is 9.47. The minimum atomic E-state index is -0.684. The first kappa shape index (κ1) is 24.8. The topological polar surface area (TPSA) is 101 Å². The van der Waals surface area contributed by atoms with E-state index in [2.05, 4.69) is 10.7 Å². The Morgan fingerprint density at radius 2 is 1.83 bits per heavy atom. The number of thioether (sulfide) groups is 1. The van der Waals surface area contributed by atoms with Crippen molar-refractivity contribution < 1.29 is 23.5 Å². The van der Waals surface area contributed by atoms with Crippen molar-refractivity contribution >= 4 is 81.2 Å². The first-order valence-corrected chi connectivity index (χ1v) is 11.8. The number of benzene rings is 2. The number of anilines is 1. The number of furan rings is 1. The number of nitrogens with one attached hydrogen (secondary N) is 2. The molecule has 0 atom stereocenters. The number of amides is 3. The van der Waals surface area contributed by atoms with Crippen molar-refractivity contribution in [2.75, 3.05) is 12.4 Å². The molecule has 0 saturated carbocycles. The Morgan fingerprint density at radius 1 is 1.09 bits per heavy atom. The van der Waals surface area contributed by atoms with Crippen LogP contribution < -0.4 is 10.7 Å². The number of hydrogen-bond acceptors (Lipinski definition) is 7. The number of urea groups is 1. The average molecular weight is 548 g/mol. The van der Waals surface area contributed by atoms with Gasteiger partial charge >= 0.3 is 12.0 Å². The van der Waals surface area contributed by atoms with E-state index >= 15 is 0 Å². The number of thiocarbonyl (C=S) groups is 1. The smallest absolute Gasteiger partial charge is 0.338 e. The van der Waals surface area contributed by atoms with Crippen LogP contribution in [0.25, 0.3) is 17.4 Å². The highest BCUT2D eigenvalue weighted by Gasteiger charge is 2.34. The number of ether oxygens (including phenoxy) is 1. The van der Waals surface area contributed by atoms with Crippen molar-refractivity contribution in [3.63, 3.8) is 0 Å². The van der Waals surface area contributed by atoms with Gasteiger partial charge in [-0.3, -0.25) is 4.79 Å². The van der Waals surface area contributed by atoms with Gasteiger partial charge in [0.25, 0.3) is 5.91 Å². The third-order valence-electron chi connectivity index (χ3n) is 4.68. The molecule has 0 unspecified atom stereocenters. The van der Waals surface area contributed by atoms with Crippen LogP contribution in [0.5, 0.6) is 0 Å². The van der Waals surface area contributed by atoms with Crippen molar-refractivity contribution in [2.45, 2.75) is 0 Å². The third kappa shape index (κ3) is 5.68. The van der Waals surface area contributed by atoms with Gasteiger partial charge in [0.15, 0.2) is 4.32 Å². The zero-order valence-electron chi connectivity index (χ0n) is 17.8. The number of esters is 1. The van der Waals surface area contributed by atoms with Gasteiger partial charge in [-0.2, -0.15) is 5.01 Å². The Labute approximate surface area is 219 Å². The van der Waals surface area contributed by atoms with E-state index in [4.69, 9.17) is 44.6 Å². The fourth-order valence-electron chi connectivity index (χ4n) is 3.00. The Bertz CT molecular complexity index is 1370. The Hall–Kier alpha value is -3.31. The lowest BCUT2D eigenvalue weighted by Crippen LogP contribution is -2.46. The lowest BCUT2D eigenvalue weighted by Gasteiger charge is -2.16. The van der Waals surface area contributed by atoms with Crippen LogP contribution in [0.1, 0.15) is 16.1 Å². The van der Waals surface area contributed by atoms with E-state index in [1.54, 1.807) is 42.5 Å². The maximum atomic E-state index is 12.8. The molecular formula is C23H15Cl2N3O5S2. The minimum Gasteiger partial charge on any atom is -0.465 e. The minimum absolute atomic E-state index is 0.149. The molecule has 1 aromatic heterocycles. The number of carbonyl (C=O) groups excluding carboxylic acids is 3. The number of nitrogens with zero attached hydrogens (tertiary/aromatic N) is 1. The predicted octanol–water partition coefficient (Wildman–Crippen LogP) is 5.98. The van der Waals surface area contributed by atoms with Gasteiger partial charge < -0.3 is 14.5 Å². The maximum Gasteiger partial charge on any atom is 0.338 e. The summed E-state index contributed by atoms with van der Waals surface area (Å²) in [4.78, 5) is 37.0. The molecule has 8 nitrogen and oxygen atoms in total. The van der Waals surface area contributed by atoms with E-state index in [9.17, 15) is 14.4 Å². The van der Waals surface area contributed by atoms with Gasteiger partial charge in [0.05, 0.1) is 27.6 Å². The van der Waals surface area contributed by atoms with Crippen LogP contribution in [-0.4, -0.2) is 34.3 Å². The van der Waals surface area contributed by atoms with Crippen LogP contribution in [0.2, 0.25) is 10.0 Å². The lowest BCUT2D eigenvalue weighted by atomic mass is 10.1. The summed E-state index contributed by atoms with van der Waals surface area (Å²) in [5.41, 5.74) is 3.96. The molecule has 0 aliphatic carbocycles. The standard InChI is InChI=1S/C23H15Cl2N3O5S2/c1-32-21(30)13-4-2-12(3-5-13)18-9-7-15(33-18)11-19-20(29)28(23(34)35-19)27-22(31)26-14-6-8-16(24)17(25)10-14/h2-11H,1H3,(H2,26,27,31)/b19-11+. The second-order valence-electron chi connectivity index (χ2n) is 6.98. The van der Waals surface area contributed by atoms with E-state index in [0.717, 1.165) is 22.3 Å². The highest BCUT2D eigenvalue weighted by Crippen LogP contribution is 2.33. The highest BCUT2D eigenvalue weighted by atomic mass is 35.5. The van der Waals surface area contributed by atoms with Gasteiger partial charge in [-0.05, 0) is 54.7 Å². The van der Waals surface area contributed by atoms with E-state index in [1.807, 2.05) is 0 Å². The summed E-state index contributed by atoms with van der Waals surface area (Å²) >= 11 is 18.1. The Balaban J connectivity index is 1.43. The summed E-state index contributed by atoms with van der Waals surface area (Å²) in [5.74, 6) is 0.0164. The molecule has 1 aliphatic heterocycles. The van der Waals surface area contributed by atoms with Crippen molar-refractivity contribution in [3.05, 3.63) is 80.9 Å². The summed E-state index contributed by atoms with van der Waals surface area (Å²) in [5, 5.41) is 4.14. The molecule has 1 aliphatic rings. The second kappa shape index (κ2) is 10.5. The van der Waals surface area contributed by atoms with Crippen LogP contribution >= 0.6 is 47.2 Å². The maximum absolute atomic E-state index is 12.8. The third-order valence-corrected chi connectivity index (χ3v) is 6.72. The van der Waals surface area contributed by atoms with Crippen molar-refractivity contribution in [1.29, 1.82) is 0 Å². The number of hydrazine groups is 1. The number of halogens is 2. The molecule has 12 heteroatoms. The summed E-state index contributed by atoms with van der Waals surface area (Å²) < 4.78 is 10.7. The van der Waals surface area contributed by atoms with Gasteiger partial charge in [-0.15, -0.1) is 0 Å². The molecule has 3 amide bonds.